The quantitative estimate of drug-likeness (QED) is 0.882. The molecule has 1 heterocycles. The molecular weight excluding hydrogens is 236 g/mol. The van der Waals surface area contributed by atoms with E-state index in [1.54, 1.807) is 0 Å². The summed E-state index contributed by atoms with van der Waals surface area (Å²) in [6.45, 7) is 11.5. The fourth-order valence-electron chi connectivity index (χ4n) is 2.70. The number of hydrogen-bond acceptors (Lipinski definition) is 3. The predicted molar refractivity (Wildman–Crippen MR) is 79.1 cm³/mol. The van der Waals surface area contributed by atoms with Crippen LogP contribution in [-0.4, -0.2) is 36.7 Å². The second-order valence-corrected chi connectivity index (χ2v) is 5.55. The zero-order valence-electron chi connectivity index (χ0n) is 12.4. The van der Waals surface area contributed by atoms with E-state index in [-0.39, 0.29) is 0 Å². The molecule has 1 aromatic rings. The van der Waals surface area contributed by atoms with Gasteiger partial charge < -0.3 is 10.1 Å². The molecule has 0 bridgehead atoms. The molecule has 19 heavy (non-hydrogen) atoms. The average Bonchev–Trinajstić information content (AvgIpc) is 2.37. The molecule has 1 saturated heterocycles. The summed E-state index contributed by atoms with van der Waals surface area (Å²) in [7, 11) is 0. The molecule has 0 aromatic heterocycles. The first-order chi connectivity index (χ1) is 9.17. The van der Waals surface area contributed by atoms with Gasteiger partial charge in [0, 0.05) is 26.2 Å². The summed E-state index contributed by atoms with van der Waals surface area (Å²) in [6, 6.07) is 8.95. The summed E-state index contributed by atoms with van der Waals surface area (Å²) < 4.78 is 5.77. The Morgan fingerprint density at radius 1 is 1.11 bits per heavy atom. The van der Waals surface area contributed by atoms with Gasteiger partial charge in [-0.15, -0.1) is 0 Å². The first-order valence-electron chi connectivity index (χ1n) is 7.33. The lowest BCUT2D eigenvalue weighted by Crippen LogP contribution is -2.44. The zero-order chi connectivity index (χ0) is 13.7. The van der Waals surface area contributed by atoms with Crippen LogP contribution in [0.15, 0.2) is 24.3 Å². The van der Waals surface area contributed by atoms with Crippen molar-refractivity contribution in [3.8, 4) is 0 Å². The standard InChI is InChI=1S/C16H26N2O/c1-4-17-9-15-5-7-16(8-6-15)12-18-10-13(2)19-14(3)11-18/h5-8,13-14,17H,4,9-12H2,1-3H3. The molecule has 106 valence electrons. The van der Waals surface area contributed by atoms with Crippen LogP contribution >= 0.6 is 0 Å². The summed E-state index contributed by atoms with van der Waals surface area (Å²) in [4.78, 5) is 2.48. The highest BCUT2D eigenvalue weighted by atomic mass is 16.5. The molecule has 0 radical (unpaired) electrons. The van der Waals surface area contributed by atoms with Crippen molar-refractivity contribution in [3.05, 3.63) is 35.4 Å². The van der Waals surface area contributed by atoms with E-state index >= 15 is 0 Å². The lowest BCUT2D eigenvalue weighted by molar-refractivity contribution is -0.0704. The van der Waals surface area contributed by atoms with Gasteiger partial charge in [0.2, 0.25) is 0 Å². The molecule has 1 fully saturated rings. The molecule has 3 heteroatoms. The van der Waals surface area contributed by atoms with Crippen molar-refractivity contribution in [2.24, 2.45) is 0 Å². The number of benzene rings is 1. The highest BCUT2D eigenvalue weighted by Crippen LogP contribution is 2.14. The summed E-state index contributed by atoms with van der Waals surface area (Å²) in [5.41, 5.74) is 2.75. The summed E-state index contributed by atoms with van der Waals surface area (Å²) >= 11 is 0. The second kappa shape index (κ2) is 7.04. The van der Waals surface area contributed by atoms with Gasteiger partial charge in [0.25, 0.3) is 0 Å². The molecule has 1 aliphatic heterocycles. The number of morpholine rings is 1. The lowest BCUT2D eigenvalue weighted by Gasteiger charge is -2.35. The van der Waals surface area contributed by atoms with Crippen molar-refractivity contribution in [2.45, 2.75) is 46.1 Å². The maximum absolute atomic E-state index is 5.77. The molecule has 2 unspecified atom stereocenters. The van der Waals surface area contributed by atoms with Crippen molar-refractivity contribution in [1.82, 2.24) is 10.2 Å². The molecule has 1 N–H and O–H groups in total. The van der Waals surface area contributed by atoms with Crippen molar-refractivity contribution in [1.29, 1.82) is 0 Å². The molecule has 2 atom stereocenters. The third-order valence-corrected chi connectivity index (χ3v) is 3.50. The summed E-state index contributed by atoms with van der Waals surface area (Å²) in [5.74, 6) is 0. The molecule has 0 saturated carbocycles. The maximum atomic E-state index is 5.77. The van der Waals surface area contributed by atoms with Gasteiger partial charge in [-0.1, -0.05) is 31.2 Å². The molecule has 1 aromatic carbocycles. The van der Waals surface area contributed by atoms with Gasteiger partial charge in [-0.2, -0.15) is 0 Å². The number of hydrogen-bond donors (Lipinski definition) is 1. The summed E-state index contributed by atoms with van der Waals surface area (Å²) in [5, 5.41) is 3.35. The van der Waals surface area contributed by atoms with Gasteiger partial charge >= 0.3 is 0 Å². The van der Waals surface area contributed by atoms with E-state index < -0.39 is 0 Å². The zero-order valence-corrected chi connectivity index (χ0v) is 12.4. The Kier molecular flexibility index (Phi) is 5.37. The minimum absolute atomic E-state index is 0.344. The largest absolute Gasteiger partial charge is 0.373 e. The van der Waals surface area contributed by atoms with Crippen LogP contribution in [0.2, 0.25) is 0 Å². The van der Waals surface area contributed by atoms with Crippen LogP contribution in [0.25, 0.3) is 0 Å². The van der Waals surface area contributed by atoms with Crippen LogP contribution in [0.1, 0.15) is 31.9 Å². The topological polar surface area (TPSA) is 24.5 Å². The Morgan fingerprint density at radius 3 is 2.26 bits per heavy atom. The minimum atomic E-state index is 0.344. The van der Waals surface area contributed by atoms with Gasteiger partial charge in [0.15, 0.2) is 0 Å². The predicted octanol–water partition coefficient (Wildman–Crippen LogP) is 2.41. The summed E-state index contributed by atoms with van der Waals surface area (Å²) in [6.07, 6.45) is 0.688. The Morgan fingerprint density at radius 2 is 1.68 bits per heavy atom. The lowest BCUT2D eigenvalue weighted by atomic mass is 10.1. The van der Waals surface area contributed by atoms with Crippen LogP contribution in [0.3, 0.4) is 0 Å². The van der Waals surface area contributed by atoms with Gasteiger partial charge in [0.1, 0.15) is 0 Å². The minimum Gasteiger partial charge on any atom is -0.373 e. The Bertz CT molecular complexity index is 367. The maximum Gasteiger partial charge on any atom is 0.0678 e. The first kappa shape index (κ1) is 14.5. The van der Waals surface area contributed by atoms with Crippen LogP contribution in [0.4, 0.5) is 0 Å². The first-order valence-corrected chi connectivity index (χ1v) is 7.33. The Labute approximate surface area is 116 Å². The highest BCUT2D eigenvalue weighted by molar-refractivity contribution is 5.22. The molecule has 1 aliphatic rings. The molecule has 0 amide bonds. The average molecular weight is 262 g/mol. The van der Waals surface area contributed by atoms with E-state index in [4.69, 9.17) is 4.74 Å². The van der Waals surface area contributed by atoms with Gasteiger partial charge in [0.05, 0.1) is 12.2 Å². The van der Waals surface area contributed by atoms with E-state index in [9.17, 15) is 0 Å². The van der Waals surface area contributed by atoms with Crippen molar-refractivity contribution >= 4 is 0 Å². The fraction of sp³-hybridized carbons (Fsp3) is 0.625. The van der Waals surface area contributed by atoms with E-state index in [0.717, 1.165) is 32.7 Å². The number of nitrogens with one attached hydrogen (secondary N) is 1. The highest BCUT2D eigenvalue weighted by Gasteiger charge is 2.21. The van der Waals surface area contributed by atoms with Gasteiger partial charge in [-0.05, 0) is 31.5 Å². The SMILES string of the molecule is CCNCc1ccc(CN2CC(C)OC(C)C2)cc1. The van der Waals surface area contributed by atoms with E-state index in [1.165, 1.54) is 11.1 Å². The number of ether oxygens (including phenoxy) is 1. The van der Waals surface area contributed by atoms with Gasteiger partial charge in [-0.25, -0.2) is 0 Å². The molecular formula is C16H26N2O. The van der Waals surface area contributed by atoms with Crippen LogP contribution in [0.5, 0.6) is 0 Å². The van der Waals surface area contributed by atoms with Crippen molar-refractivity contribution < 1.29 is 4.74 Å². The molecule has 3 nitrogen and oxygen atoms in total. The molecule has 0 spiro atoms. The van der Waals surface area contributed by atoms with Crippen LogP contribution in [-0.2, 0) is 17.8 Å². The normalized spacial score (nSPS) is 24.6. The monoisotopic (exact) mass is 262 g/mol. The van der Waals surface area contributed by atoms with Crippen molar-refractivity contribution in [3.63, 3.8) is 0 Å². The molecule has 2 rings (SSSR count). The van der Waals surface area contributed by atoms with Crippen LogP contribution in [0, 0.1) is 0 Å². The fourth-order valence-corrected chi connectivity index (χ4v) is 2.70. The smallest absolute Gasteiger partial charge is 0.0678 e. The van der Waals surface area contributed by atoms with Crippen molar-refractivity contribution in [2.75, 3.05) is 19.6 Å². The third-order valence-electron chi connectivity index (χ3n) is 3.50. The van der Waals surface area contributed by atoms with Crippen LogP contribution < -0.4 is 5.32 Å². The van der Waals surface area contributed by atoms with E-state index in [0.29, 0.717) is 12.2 Å². The van der Waals surface area contributed by atoms with Gasteiger partial charge in [-0.3, -0.25) is 4.90 Å². The number of rotatable bonds is 5. The van der Waals surface area contributed by atoms with E-state index in [2.05, 4.69) is 55.3 Å². The third kappa shape index (κ3) is 4.60. The molecule has 0 aliphatic carbocycles. The number of nitrogens with zero attached hydrogens (tertiary/aromatic N) is 1. The Hall–Kier alpha value is -0.900. The Balaban J connectivity index is 1.88. The van der Waals surface area contributed by atoms with E-state index in [1.807, 2.05) is 0 Å². The second-order valence-electron chi connectivity index (χ2n) is 5.55.